The van der Waals surface area contributed by atoms with Crippen LogP contribution in [0.2, 0.25) is 0 Å². The summed E-state index contributed by atoms with van der Waals surface area (Å²) in [6.45, 7) is 0.804. The Bertz CT molecular complexity index is 732. The highest BCUT2D eigenvalue weighted by atomic mass is 79.9. The average molecular weight is 417 g/mol. The lowest BCUT2D eigenvalue weighted by molar-refractivity contribution is 1.15. The zero-order valence-electron chi connectivity index (χ0n) is 11.9. The molecule has 0 radical (unpaired) electrons. The molecule has 0 unspecified atom stereocenters. The van der Waals surface area contributed by atoms with Gasteiger partial charge in [0.05, 0.1) is 0 Å². The molecule has 0 fully saturated rings. The number of rotatable bonds is 4. The summed E-state index contributed by atoms with van der Waals surface area (Å²) in [5.74, 6) is 0. The van der Waals surface area contributed by atoms with Crippen molar-refractivity contribution in [3.05, 3.63) is 87.3 Å². The van der Waals surface area contributed by atoms with E-state index in [2.05, 4.69) is 97.8 Å². The summed E-state index contributed by atoms with van der Waals surface area (Å²) in [6, 6.07) is 25.3. The summed E-state index contributed by atoms with van der Waals surface area (Å²) >= 11 is 7.01. The Hall–Kier alpha value is -1.58. The van der Waals surface area contributed by atoms with E-state index in [9.17, 15) is 0 Å². The van der Waals surface area contributed by atoms with Gasteiger partial charge in [0.25, 0.3) is 0 Å². The molecule has 0 aliphatic heterocycles. The fourth-order valence-corrected chi connectivity index (χ4v) is 3.60. The molecule has 0 heterocycles. The van der Waals surface area contributed by atoms with E-state index in [1.807, 2.05) is 12.1 Å². The minimum absolute atomic E-state index is 0.804. The Kier molecular flexibility index (Phi) is 4.96. The van der Waals surface area contributed by atoms with Gasteiger partial charge in [-0.1, -0.05) is 86.5 Å². The third-order valence-corrected chi connectivity index (χ3v) is 4.34. The minimum atomic E-state index is 0.804. The Morgan fingerprint density at radius 2 is 1.27 bits per heavy atom. The fourth-order valence-electron chi connectivity index (χ4n) is 2.31. The molecular formula is C19H15Br2N. The van der Waals surface area contributed by atoms with Gasteiger partial charge in [-0.15, -0.1) is 0 Å². The normalized spacial score (nSPS) is 10.5. The van der Waals surface area contributed by atoms with Crippen LogP contribution in [0, 0.1) is 0 Å². The average Bonchev–Trinajstić information content (AvgIpc) is 2.53. The molecule has 1 N–H and O–H groups in total. The lowest BCUT2D eigenvalue weighted by atomic mass is 10.0. The molecule has 0 aliphatic carbocycles. The maximum Gasteiger partial charge on any atom is 0.0400 e. The maximum atomic E-state index is 3.50. The molecule has 0 bridgehead atoms. The van der Waals surface area contributed by atoms with E-state index in [1.165, 1.54) is 16.7 Å². The van der Waals surface area contributed by atoms with Crippen LogP contribution in [-0.4, -0.2) is 0 Å². The van der Waals surface area contributed by atoms with Crippen LogP contribution in [0.25, 0.3) is 11.1 Å². The third kappa shape index (κ3) is 3.99. The summed E-state index contributed by atoms with van der Waals surface area (Å²) < 4.78 is 2.12. The van der Waals surface area contributed by atoms with E-state index in [0.717, 1.165) is 21.2 Å². The summed E-state index contributed by atoms with van der Waals surface area (Å²) in [7, 11) is 0. The van der Waals surface area contributed by atoms with Gasteiger partial charge >= 0.3 is 0 Å². The Morgan fingerprint density at radius 3 is 1.91 bits per heavy atom. The molecule has 0 spiro atoms. The van der Waals surface area contributed by atoms with Crippen molar-refractivity contribution in [3.63, 3.8) is 0 Å². The summed E-state index contributed by atoms with van der Waals surface area (Å²) in [4.78, 5) is 0. The van der Waals surface area contributed by atoms with Gasteiger partial charge in [0.1, 0.15) is 0 Å². The van der Waals surface area contributed by atoms with Gasteiger partial charge in [0.15, 0.2) is 0 Å². The zero-order chi connectivity index (χ0) is 15.4. The van der Waals surface area contributed by atoms with Crippen LogP contribution < -0.4 is 5.32 Å². The van der Waals surface area contributed by atoms with Crippen LogP contribution in [0.15, 0.2) is 81.7 Å². The van der Waals surface area contributed by atoms with Gasteiger partial charge in [0.2, 0.25) is 0 Å². The highest BCUT2D eigenvalue weighted by Crippen LogP contribution is 2.24. The second kappa shape index (κ2) is 7.12. The number of anilines is 1. The van der Waals surface area contributed by atoms with Crippen LogP contribution in [0.4, 0.5) is 5.69 Å². The van der Waals surface area contributed by atoms with E-state index in [4.69, 9.17) is 0 Å². The first-order valence-corrected chi connectivity index (χ1v) is 8.64. The third-order valence-electron chi connectivity index (χ3n) is 3.42. The molecule has 3 aromatic rings. The molecular weight excluding hydrogens is 402 g/mol. The number of hydrogen-bond donors (Lipinski definition) is 1. The lowest BCUT2D eigenvalue weighted by Crippen LogP contribution is -1.99. The van der Waals surface area contributed by atoms with Crippen molar-refractivity contribution in [2.75, 3.05) is 5.32 Å². The maximum absolute atomic E-state index is 3.50. The predicted molar refractivity (Wildman–Crippen MR) is 101 cm³/mol. The standard InChI is InChI=1S/C19H15Br2N/c20-17-10-18(21)12-19(11-17)22-13-14-6-8-16(9-7-14)15-4-2-1-3-5-15/h1-12,22H,13H2. The topological polar surface area (TPSA) is 12.0 Å². The second-order valence-electron chi connectivity index (χ2n) is 5.07. The first-order valence-electron chi connectivity index (χ1n) is 7.05. The van der Waals surface area contributed by atoms with E-state index < -0.39 is 0 Å². The molecule has 1 nitrogen and oxygen atoms in total. The number of hydrogen-bond acceptors (Lipinski definition) is 1. The van der Waals surface area contributed by atoms with Crippen molar-refractivity contribution in [2.24, 2.45) is 0 Å². The number of halogens is 2. The van der Waals surface area contributed by atoms with Crippen molar-refractivity contribution >= 4 is 37.5 Å². The van der Waals surface area contributed by atoms with Crippen molar-refractivity contribution in [3.8, 4) is 11.1 Å². The quantitative estimate of drug-likeness (QED) is 0.512. The highest BCUT2D eigenvalue weighted by molar-refractivity contribution is 9.11. The number of nitrogens with one attached hydrogen (secondary N) is 1. The first-order chi connectivity index (χ1) is 10.7. The molecule has 22 heavy (non-hydrogen) atoms. The largest absolute Gasteiger partial charge is 0.381 e. The van der Waals surface area contributed by atoms with Gasteiger partial charge in [-0.05, 0) is 34.9 Å². The van der Waals surface area contributed by atoms with Crippen LogP contribution in [0.5, 0.6) is 0 Å². The summed E-state index contributed by atoms with van der Waals surface area (Å²) in [6.07, 6.45) is 0. The summed E-state index contributed by atoms with van der Waals surface area (Å²) in [5, 5.41) is 3.44. The van der Waals surface area contributed by atoms with Gasteiger partial charge in [-0.2, -0.15) is 0 Å². The Morgan fingerprint density at radius 1 is 0.682 bits per heavy atom. The zero-order valence-corrected chi connectivity index (χ0v) is 15.1. The molecule has 0 saturated heterocycles. The Balaban J connectivity index is 1.69. The monoisotopic (exact) mass is 415 g/mol. The highest BCUT2D eigenvalue weighted by Gasteiger charge is 2.00. The number of benzene rings is 3. The van der Waals surface area contributed by atoms with E-state index in [-0.39, 0.29) is 0 Å². The van der Waals surface area contributed by atoms with Crippen LogP contribution >= 0.6 is 31.9 Å². The minimum Gasteiger partial charge on any atom is -0.381 e. The van der Waals surface area contributed by atoms with Gasteiger partial charge in [-0.25, -0.2) is 0 Å². The molecule has 0 amide bonds. The molecule has 0 aliphatic rings. The lowest BCUT2D eigenvalue weighted by Gasteiger charge is -2.09. The SMILES string of the molecule is Brc1cc(Br)cc(NCc2ccc(-c3ccccc3)cc2)c1. The van der Waals surface area contributed by atoms with Crippen molar-refractivity contribution in [1.82, 2.24) is 0 Å². The van der Waals surface area contributed by atoms with Crippen molar-refractivity contribution in [2.45, 2.75) is 6.54 Å². The van der Waals surface area contributed by atoms with Crippen LogP contribution in [0.3, 0.4) is 0 Å². The van der Waals surface area contributed by atoms with E-state index >= 15 is 0 Å². The Labute approximate surface area is 147 Å². The summed E-state index contributed by atoms with van der Waals surface area (Å²) in [5.41, 5.74) is 4.84. The van der Waals surface area contributed by atoms with E-state index in [1.54, 1.807) is 0 Å². The first kappa shape index (κ1) is 15.3. The van der Waals surface area contributed by atoms with Gasteiger partial charge in [0, 0.05) is 21.2 Å². The molecule has 3 heteroatoms. The van der Waals surface area contributed by atoms with Crippen molar-refractivity contribution in [1.29, 1.82) is 0 Å². The molecule has 0 atom stereocenters. The molecule has 110 valence electrons. The van der Waals surface area contributed by atoms with Gasteiger partial charge in [-0.3, -0.25) is 0 Å². The predicted octanol–water partition coefficient (Wildman–Crippen LogP) is 6.49. The fraction of sp³-hybridized carbons (Fsp3) is 0.0526. The molecule has 0 aromatic heterocycles. The molecule has 0 saturated carbocycles. The van der Waals surface area contributed by atoms with Crippen LogP contribution in [-0.2, 0) is 6.54 Å². The van der Waals surface area contributed by atoms with E-state index in [0.29, 0.717) is 0 Å². The smallest absolute Gasteiger partial charge is 0.0400 e. The van der Waals surface area contributed by atoms with Crippen molar-refractivity contribution < 1.29 is 0 Å². The van der Waals surface area contributed by atoms with Crippen LogP contribution in [0.1, 0.15) is 5.56 Å². The second-order valence-corrected chi connectivity index (χ2v) is 6.91. The molecule has 3 rings (SSSR count). The molecule has 3 aromatic carbocycles. The van der Waals surface area contributed by atoms with Gasteiger partial charge < -0.3 is 5.32 Å².